The Morgan fingerprint density at radius 2 is 1.79 bits per heavy atom. The molecule has 2 aromatic rings. The van der Waals surface area contributed by atoms with E-state index >= 15 is 0 Å². The maximum atomic E-state index is 11.1. The monoisotopic (exact) mass is 330 g/mol. The van der Waals surface area contributed by atoms with Crippen molar-refractivity contribution in [3.63, 3.8) is 0 Å². The number of benzene rings is 2. The van der Waals surface area contributed by atoms with Gasteiger partial charge in [0.15, 0.2) is 0 Å². The zero-order valence-corrected chi connectivity index (χ0v) is 13.6. The third-order valence-electron chi connectivity index (χ3n) is 3.79. The third-order valence-corrected chi connectivity index (χ3v) is 3.79. The molecule has 128 valence electrons. The van der Waals surface area contributed by atoms with Crippen molar-refractivity contribution in [1.82, 2.24) is 0 Å². The van der Waals surface area contributed by atoms with E-state index in [1.54, 1.807) is 31.4 Å². The van der Waals surface area contributed by atoms with Gasteiger partial charge in [-0.05, 0) is 36.4 Å². The van der Waals surface area contributed by atoms with E-state index in [4.69, 9.17) is 10.5 Å². The van der Waals surface area contributed by atoms with Crippen molar-refractivity contribution in [2.24, 2.45) is 0 Å². The summed E-state index contributed by atoms with van der Waals surface area (Å²) in [6.45, 7) is 0.748. The maximum absolute atomic E-state index is 11.1. The van der Waals surface area contributed by atoms with E-state index in [0.717, 1.165) is 23.1 Å². The fourth-order valence-electron chi connectivity index (χ4n) is 2.60. The number of aliphatic hydroxyl groups excluding tert-OH is 2. The van der Waals surface area contributed by atoms with Crippen molar-refractivity contribution < 1.29 is 19.7 Å². The summed E-state index contributed by atoms with van der Waals surface area (Å²) in [6, 6.07) is 10.6. The number of anilines is 2. The van der Waals surface area contributed by atoms with Gasteiger partial charge in [-0.1, -0.05) is 0 Å². The molecule has 24 heavy (non-hydrogen) atoms. The lowest BCUT2D eigenvalue weighted by Crippen LogP contribution is -2.29. The smallest absolute Gasteiger partial charge is 0.150 e. The number of ether oxygens (including phenoxy) is 1. The van der Waals surface area contributed by atoms with E-state index < -0.39 is 0 Å². The second kappa shape index (κ2) is 8.33. The predicted molar refractivity (Wildman–Crippen MR) is 94.6 cm³/mol. The number of aliphatic hydroxyl groups is 2. The van der Waals surface area contributed by atoms with Gasteiger partial charge >= 0.3 is 0 Å². The van der Waals surface area contributed by atoms with E-state index in [9.17, 15) is 15.0 Å². The number of rotatable bonds is 8. The summed E-state index contributed by atoms with van der Waals surface area (Å²) in [5.41, 5.74) is 9.47. The SMILES string of the molecule is COc1ccc(C=O)cc1-c1cc(N(CCO)CCO)ccc1N. The number of methoxy groups -OCH3 is 1. The minimum Gasteiger partial charge on any atom is -0.496 e. The van der Waals surface area contributed by atoms with Crippen LogP contribution in [0.15, 0.2) is 36.4 Å². The highest BCUT2D eigenvalue weighted by molar-refractivity contribution is 5.87. The van der Waals surface area contributed by atoms with Crippen molar-refractivity contribution in [3.05, 3.63) is 42.0 Å². The molecule has 0 aliphatic carbocycles. The van der Waals surface area contributed by atoms with Crippen LogP contribution in [0.3, 0.4) is 0 Å². The highest BCUT2D eigenvalue weighted by atomic mass is 16.5. The molecule has 0 spiro atoms. The Kier molecular flexibility index (Phi) is 6.17. The Balaban J connectivity index is 2.54. The molecule has 0 fully saturated rings. The Morgan fingerprint density at radius 3 is 2.38 bits per heavy atom. The van der Waals surface area contributed by atoms with Crippen molar-refractivity contribution >= 4 is 17.7 Å². The van der Waals surface area contributed by atoms with Gasteiger partial charge in [0, 0.05) is 41.2 Å². The molecule has 4 N–H and O–H groups in total. The Hall–Kier alpha value is -2.57. The number of hydrogen-bond donors (Lipinski definition) is 3. The lowest BCUT2D eigenvalue weighted by Gasteiger charge is -2.24. The zero-order chi connectivity index (χ0) is 17.5. The molecule has 6 heteroatoms. The summed E-state index contributed by atoms with van der Waals surface area (Å²) < 4.78 is 5.38. The highest BCUT2D eigenvalue weighted by Crippen LogP contribution is 2.36. The zero-order valence-electron chi connectivity index (χ0n) is 13.6. The van der Waals surface area contributed by atoms with Crippen LogP contribution in [0.5, 0.6) is 5.75 Å². The molecular formula is C18H22N2O4. The third kappa shape index (κ3) is 3.84. The summed E-state index contributed by atoms with van der Waals surface area (Å²) in [4.78, 5) is 12.9. The van der Waals surface area contributed by atoms with Crippen LogP contribution in [0.2, 0.25) is 0 Å². The number of carbonyl (C=O) groups is 1. The minimum atomic E-state index is -0.0241. The molecule has 0 radical (unpaired) electrons. The predicted octanol–water partition coefficient (Wildman–Crippen LogP) is 1.55. The van der Waals surface area contributed by atoms with Gasteiger partial charge in [0.2, 0.25) is 0 Å². The van der Waals surface area contributed by atoms with Gasteiger partial charge in [-0.15, -0.1) is 0 Å². The van der Waals surface area contributed by atoms with Crippen LogP contribution < -0.4 is 15.4 Å². The molecule has 0 aliphatic rings. The first kappa shape index (κ1) is 17.8. The van der Waals surface area contributed by atoms with Crippen LogP contribution in [0.4, 0.5) is 11.4 Å². The topological polar surface area (TPSA) is 96.0 Å². The van der Waals surface area contributed by atoms with Crippen molar-refractivity contribution in [3.8, 4) is 16.9 Å². The molecule has 2 aromatic carbocycles. The first-order valence-electron chi connectivity index (χ1n) is 7.64. The van der Waals surface area contributed by atoms with E-state index in [0.29, 0.717) is 30.1 Å². The van der Waals surface area contributed by atoms with Crippen molar-refractivity contribution in [1.29, 1.82) is 0 Å². The second-order valence-corrected chi connectivity index (χ2v) is 5.28. The van der Waals surface area contributed by atoms with Gasteiger partial charge in [-0.2, -0.15) is 0 Å². The Labute approximate surface area is 141 Å². The molecule has 0 unspecified atom stereocenters. The molecule has 0 aromatic heterocycles. The summed E-state index contributed by atoms with van der Waals surface area (Å²) in [6.07, 6.45) is 0.771. The number of nitrogen functional groups attached to an aromatic ring is 1. The molecule has 0 atom stereocenters. The van der Waals surface area contributed by atoms with Crippen LogP contribution in [0, 0.1) is 0 Å². The largest absolute Gasteiger partial charge is 0.496 e. The summed E-state index contributed by atoms with van der Waals surface area (Å²) >= 11 is 0. The number of nitrogens with two attached hydrogens (primary N) is 1. The van der Waals surface area contributed by atoms with Crippen LogP contribution in [-0.2, 0) is 0 Å². The molecule has 0 saturated heterocycles. The molecule has 0 aliphatic heterocycles. The first-order chi connectivity index (χ1) is 11.6. The average Bonchev–Trinajstić information content (AvgIpc) is 2.61. The van der Waals surface area contributed by atoms with Gasteiger partial charge in [-0.3, -0.25) is 4.79 Å². The summed E-state index contributed by atoms with van der Waals surface area (Å²) in [7, 11) is 1.56. The fourth-order valence-corrected chi connectivity index (χ4v) is 2.60. The van der Waals surface area contributed by atoms with Crippen LogP contribution >= 0.6 is 0 Å². The number of aldehydes is 1. The molecule has 6 nitrogen and oxygen atoms in total. The van der Waals surface area contributed by atoms with E-state index in [1.165, 1.54) is 0 Å². The van der Waals surface area contributed by atoms with Gasteiger partial charge in [0.1, 0.15) is 12.0 Å². The summed E-state index contributed by atoms with van der Waals surface area (Å²) in [5.74, 6) is 0.611. The van der Waals surface area contributed by atoms with E-state index in [1.807, 2.05) is 17.0 Å². The van der Waals surface area contributed by atoms with Crippen molar-refractivity contribution in [2.75, 3.05) is 44.0 Å². The lowest BCUT2D eigenvalue weighted by atomic mass is 9.99. The Morgan fingerprint density at radius 1 is 1.08 bits per heavy atom. The number of hydrogen-bond acceptors (Lipinski definition) is 6. The average molecular weight is 330 g/mol. The highest BCUT2D eigenvalue weighted by Gasteiger charge is 2.13. The fraction of sp³-hybridized carbons (Fsp3) is 0.278. The van der Waals surface area contributed by atoms with Crippen LogP contribution in [-0.4, -0.2) is 49.9 Å². The molecule has 0 saturated carbocycles. The van der Waals surface area contributed by atoms with Crippen LogP contribution in [0.25, 0.3) is 11.1 Å². The standard InChI is InChI=1S/C18H22N2O4/c1-24-18-5-2-13(12-23)10-16(18)15-11-14(3-4-17(15)19)20(6-8-21)7-9-22/h2-5,10-12,21-22H,6-9,19H2,1H3. The van der Waals surface area contributed by atoms with Crippen LogP contribution in [0.1, 0.15) is 10.4 Å². The molecule has 0 heterocycles. The van der Waals surface area contributed by atoms with Gasteiger partial charge < -0.3 is 25.6 Å². The molecule has 0 amide bonds. The van der Waals surface area contributed by atoms with Crippen molar-refractivity contribution in [2.45, 2.75) is 0 Å². The lowest BCUT2D eigenvalue weighted by molar-refractivity contribution is 0.112. The van der Waals surface area contributed by atoms with Gasteiger partial charge in [0.25, 0.3) is 0 Å². The van der Waals surface area contributed by atoms with E-state index in [2.05, 4.69) is 0 Å². The van der Waals surface area contributed by atoms with E-state index in [-0.39, 0.29) is 13.2 Å². The maximum Gasteiger partial charge on any atom is 0.150 e. The Bertz CT molecular complexity index is 697. The summed E-state index contributed by atoms with van der Waals surface area (Å²) in [5, 5.41) is 18.4. The molecular weight excluding hydrogens is 308 g/mol. The quantitative estimate of drug-likeness (QED) is 0.502. The van der Waals surface area contributed by atoms with Gasteiger partial charge in [0.05, 0.1) is 20.3 Å². The molecule has 0 bridgehead atoms. The second-order valence-electron chi connectivity index (χ2n) is 5.28. The minimum absolute atomic E-state index is 0.0241. The first-order valence-corrected chi connectivity index (χ1v) is 7.64. The number of carbonyl (C=O) groups excluding carboxylic acids is 1. The van der Waals surface area contributed by atoms with Gasteiger partial charge in [-0.25, -0.2) is 0 Å². The number of nitrogens with zero attached hydrogens (tertiary/aromatic N) is 1. The normalized spacial score (nSPS) is 10.5. The molecule has 2 rings (SSSR count).